The Morgan fingerprint density at radius 2 is 1.19 bits per heavy atom. The van der Waals surface area contributed by atoms with Crippen LogP contribution >= 0.6 is 17.2 Å². The molecule has 2 nitrogen and oxygen atoms in total. The zero-order chi connectivity index (χ0) is 27.3. The van der Waals surface area contributed by atoms with Crippen molar-refractivity contribution >= 4 is 43.7 Å². The lowest BCUT2D eigenvalue weighted by molar-refractivity contribution is 0.352. The van der Waals surface area contributed by atoms with E-state index in [1.807, 2.05) is 0 Å². The Hall–Kier alpha value is 0.434. The van der Waals surface area contributed by atoms with E-state index < -0.39 is 16.1 Å². The van der Waals surface area contributed by atoms with Crippen molar-refractivity contribution in [1.82, 2.24) is 10.6 Å². The molecule has 2 heterocycles. The Morgan fingerprint density at radius 3 is 1.53 bits per heavy atom. The summed E-state index contributed by atoms with van der Waals surface area (Å²) >= 11 is 0. The largest absolute Gasteiger partial charge is 0.313 e. The predicted molar refractivity (Wildman–Crippen MR) is 176 cm³/mol. The van der Waals surface area contributed by atoms with E-state index in [0.29, 0.717) is 22.4 Å². The normalized spacial score (nSPS) is 23.9. The molecular weight excluding hydrogens is 506 g/mol. The molecule has 206 valence electrons. The monoisotopic (exact) mass is 564 g/mol. The highest BCUT2D eigenvalue weighted by molar-refractivity contribution is 7.60. The lowest BCUT2D eigenvalue weighted by atomic mass is 9.80. The van der Waals surface area contributed by atoms with Crippen LogP contribution in [0.1, 0.15) is 78.4 Å². The van der Waals surface area contributed by atoms with Crippen molar-refractivity contribution in [3.05, 3.63) is 23.3 Å². The zero-order valence-electron chi connectivity index (χ0n) is 25.8. The van der Waals surface area contributed by atoms with E-state index in [9.17, 15) is 0 Å². The first-order valence-electron chi connectivity index (χ1n) is 14.5. The maximum atomic E-state index is 3.98. The highest BCUT2D eigenvalue weighted by atomic mass is 31.1. The molecule has 0 aromatic heterocycles. The van der Waals surface area contributed by atoms with Gasteiger partial charge in [-0.25, -0.2) is 0 Å². The first-order chi connectivity index (χ1) is 16.3. The summed E-state index contributed by atoms with van der Waals surface area (Å²) in [5, 5.41) is 12.1. The van der Waals surface area contributed by atoms with Crippen LogP contribution in [0.5, 0.6) is 0 Å². The van der Waals surface area contributed by atoms with Crippen LogP contribution in [0, 0.1) is 0 Å². The summed E-state index contributed by atoms with van der Waals surface area (Å²) in [6.07, 6.45) is 6.40. The molecule has 0 bridgehead atoms. The van der Waals surface area contributed by atoms with E-state index in [0.717, 1.165) is 13.1 Å². The number of rotatable bonds is 7. The summed E-state index contributed by atoms with van der Waals surface area (Å²) in [6.45, 7) is 32.7. The molecule has 36 heavy (non-hydrogen) atoms. The van der Waals surface area contributed by atoms with Gasteiger partial charge in [-0.1, -0.05) is 111 Å². The molecule has 2 aliphatic heterocycles. The summed E-state index contributed by atoms with van der Waals surface area (Å²) in [4.78, 5) is 0. The minimum absolute atomic E-state index is 0.0471. The molecule has 2 fully saturated rings. The first kappa shape index (κ1) is 31.0. The van der Waals surface area contributed by atoms with E-state index in [4.69, 9.17) is 0 Å². The molecule has 2 N–H and O–H groups in total. The Kier molecular flexibility index (Phi) is 9.27. The molecule has 0 spiro atoms. The van der Waals surface area contributed by atoms with Gasteiger partial charge < -0.3 is 10.6 Å². The molecule has 0 aliphatic carbocycles. The third kappa shape index (κ3) is 6.59. The molecule has 1 aromatic rings. The highest BCUT2D eigenvalue weighted by Crippen LogP contribution is 2.62. The van der Waals surface area contributed by atoms with Crippen molar-refractivity contribution in [2.24, 2.45) is 0 Å². The maximum Gasteiger partial charge on any atom is 0.0774 e. The van der Waals surface area contributed by atoms with Crippen molar-refractivity contribution in [3.63, 3.8) is 0 Å². The van der Waals surface area contributed by atoms with Crippen molar-refractivity contribution < 1.29 is 0 Å². The number of nitrogens with one attached hydrogen (secondary N) is 2. The lowest BCUT2D eigenvalue weighted by Gasteiger charge is -2.46. The van der Waals surface area contributed by atoms with Crippen LogP contribution < -0.4 is 21.0 Å². The number of hydrogen-bond acceptors (Lipinski definition) is 2. The fraction of sp³-hybridized carbons (Fsp3) is 0.800. The standard InChI is InChI=1S/C30H58N2P2Si2/c1-28(2,3)34(29(4,5)6)21-22-19-24(35(7,8)9)25(36(10,11)12)20-23(22)30(33,26-15-13-17-31-26)27-16-14-18-32-27/h19-20,26-27,31-32H,13-18,21,33H2,1-12H3. The van der Waals surface area contributed by atoms with Crippen molar-refractivity contribution in [2.75, 3.05) is 13.1 Å². The summed E-state index contributed by atoms with van der Waals surface area (Å²) in [5.74, 6) is 0. The van der Waals surface area contributed by atoms with Crippen molar-refractivity contribution in [2.45, 2.75) is 140 Å². The molecule has 2 aliphatic rings. The van der Waals surface area contributed by atoms with Gasteiger partial charge in [0.05, 0.1) is 16.1 Å². The molecule has 2 saturated heterocycles. The zero-order valence-corrected chi connectivity index (χ0v) is 29.8. The van der Waals surface area contributed by atoms with Gasteiger partial charge in [0.15, 0.2) is 0 Å². The van der Waals surface area contributed by atoms with Gasteiger partial charge in [0.25, 0.3) is 0 Å². The minimum atomic E-state index is -1.52. The van der Waals surface area contributed by atoms with Gasteiger partial charge in [0.1, 0.15) is 0 Å². The van der Waals surface area contributed by atoms with Gasteiger partial charge >= 0.3 is 0 Å². The van der Waals surface area contributed by atoms with E-state index in [2.05, 4.69) is 113 Å². The van der Waals surface area contributed by atoms with E-state index in [1.165, 1.54) is 31.8 Å². The van der Waals surface area contributed by atoms with Gasteiger partial charge in [-0.3, -0.25) is 0 Å². The summed E-state index contributed by atoms with van der Waals surface area (Å²) in [6, 6.07) is 6.60. The van der Waals surface area contributed by atoms with Gasteiger partial charge in [0.2, 0.25) is 0 Å². The summed E-state index contributed by atoms with van der Waals surface area (Å²) in [7, 11) is 0.255. The Balaban J connectivity index is 2.35. The topological polar surface area (TPSA) is 24.1 Å². The Labute approximate surface area is 230 Å². The minimum Gasteiger partial charge on any atom is -0.313 e. The predicted octanol–water partition coefficient (Wildman–Crippen LogP) is 6.93. The van der Waals surface area contributed by atoms with E-state index >= 15 is 0 Å². The Bertz CT molecular complexity index is 877. The van der Waals surface area contributed by atoms with E-state index in [1.54, 1.807) is 21.5 Å². The van der Waals surface area contributed by atoms with Crippen LogP contribution in [0.2, 0.25) is 39.3 Å². The highest BCUT2D eigenvalue weighted by Gasteiger charge is 2.48. The fourth-order valence-electron chi connectivity index (χ4n) is 6.87. The molecule has 6 heteroatoms. The molecular formula is C30H58N2P2Si2. The summed E-state index contributed by atoms with van der Waals surface area (Å²) in [5.41, 5.74) is 3.33. The molecule has 3 unspecified atom stereocenters. The molecule has 1 aromatic carbocycles. The first-order valence-corrected chi connectivity index (χ1v) is 23.6. The molecule has 3 atom stereocenters. The van der Waals surface area contributed by atoms with Crippen LogP contribution in [0.15, 0.2) is 12.1 Å². The average Bonchev–Trinajstić information content (AvgIpc) is 3.42. The third-order valence-electron chi connectivity index (χ3n) is 8.55. The Morgan fingerprint density at radius 1 is 0.778 bits per heavy atom. The SMILES string of the molecule is CC(C)(C)P(Cc1cc([Si](C)(C)C)c([Si](C)(C)C)cc1C(P)(C1CCCN1)C1CCCN1)C(C)(C)C. The second-order valence-electron chi connectivity index (χ2n) is 15.7. The second kappa shape index (κ2) is 10.8. The smallest absolute Gasteiger partial charge is 0.0774 e. The van der Waals surface area contributed by atoms with Gasteiger partial charge in [-0.05, 0) is 66.4 Å². The van der Waals surface area contributed by atoms with E-state index in [-0.39, 0.29) is 13.1 Å². The number of benzene rings is 1. The van der Waals surface area contributed by atoms with Crippen LogP contribution in [0.4, 0.5) is 0 Å². The lowest BCUT2D eigenvalue weighted by Crippen LogP contribution is -2.58. The second-order valence-corrected chi connectivity index (χ2v) is 30.6. The van der Waals surface area contributed by atoms with Crippen LogP contribution in [-0.4, -0.2) is 51.6 Å². The van der Waals surface area contributed by atoms with Crippen LogP contribution in [0.25, 0.3) is 0 Å². The third-order valence-corrected chi connectivity index (χ3v) is 17.9. The number of hydrogen-bond donors (Lipinski definition) is 2. The molecule has 0 saturated carbocycles. The van der Waals surface area contributed by atoms with Crippen LogP contribution in [-0.2, 0) is 11.3 Å². The molecule has 3 rings (SSSR count). The van der Waals surface area contributed by atoms with Crippen LogP contribution in [0.3, 0.4) is 0 Å². The van der Waals surface area contributed by atoms with Gasteiger partial charge in [0, 0.05) is 17.2 Å². The summed E-state index contributed by atoms with van der Waals surface area (Å²) < 4.78 is 0. The average molecular weight is 565 g/mol. The fourth-order valence-corrected chi connectivity index (χ4v) is 16.5. The maximum absolute atomic E-state index is 3.98. The van der Waals surface area contributed by atoms with Gasteiger partial charge in [-0.15, -0.1) is 9.24 Å². The molecule has 0 amide bonds. The molecule has 0 radical (unpaired) electrons. The quantitative estimate of drug-likeness (QED) is 0.277. The van der Waals surface area contributed by atoms with Gasteiger partial charge in [-0.2, -0.15) is 0 Å². The van der Waals surface area contributed by atoms with Crippen molar-refractivity contribution in [3.8, 4) is 0 Å². The van der Waals surface area contributed by atoms with Crippen molar-refractivity contribution in [1.29, 1.82) is 0 Å².